The predicted molar refractivity (Wildman–Crippen MR) is 229 cm³/mol. The molecule has 0 bridgehead atoms. The molecule has 0 spiro atoms. The molecule has 0 saturated carbocycles. The maximum atomic E-state index is 13.1. The van der Waals surface area contributed by atoms with Gasteiger partial charge in [-0.15, -0.1) is 0 Å². The van der Waals surface area contributed by atoms with Gasteiger partial charge in [0, 0.05) is 12.8 Å². The van der Waals surface area contributed by atoms with Gasteiger partial charge in [0.25, 0.3) is 0 Å². The normalized spacial score (nSPS) is 11.6. The molecule has 51 heavy (non-hydrogen) atoms. The van der Waals surface area contributed by atoms with Crippen molar-refractivity contribution in [1.29, 1.82) is 0 Å². The quantitative estimate of drug-likeness (QED) is 0.0464. The van der Waals surface area contributed by atoms with Crippen LogP contribution in [-0.4, -0.2) is 11.6 Å². The van der Waals surface area contributed by atoms with Gasteiger partial charge in [-0.3, -0.25) is 9.59 Å². The highest BCUT2D eigenvalue weighted by Crippen LogP contribution is 2.21. The van der Waals surface area contributed by atoms with Crippen LogP contribution in [0.2, 0.25) is 0 Å². The van der Waals surface area contributed by atoms with Crippen molar-refractivity contribution in [2.75, 3.05) is 0 Å². The minimum atomic E-state index is -0.309. The molecule has 2 nitrogen and oxygen atoms in total. The van der Waals surface area contributed by atoms with Crippen LogP contribution in [0.15, 0.2) is 0 Å². The number of carbonyl (C=O) groups excluding carboxylic acids is 2. The second-order valence-corrected chi connectivity index (χ2v) is 16.9. The third-order valence-electron chi connectivity index (χ3n) is 11.7. The van der Waals surface area contributed by atoms with Crippen molar-refractivity contribution in [3.8, 4) is 0 Å². The van der Waals surface area contributed by atoms with E-state index in [0.717, 1.165) is 44.9 Å². The van der Waals surface area contributed by atoms with Crippen LogP contribution >= 0.6 is 0 Å². The Hall–Kier alpha value is -0.660. The van der Waals surface area contributed by atoms with Crippen LogP contribution in [0.1, 0.15) is 297 Å². The van der Waals surface area contributed by atoms with E-state index in [-0.39, 0.29) is 17.5 Å². The number of hydrogen-bond acceptors (Lipinski definition) is 2. The Morgan fingerprint density at radius 2 is 0.431 bits per heavy atom. The third-order valence-corrected chi connectivity index (χ3v) is 11.7. The molecule has 0 aliphatic rings. The number of carbonyl (C=O) groups is 2. The van der Waals surface area contributed by atoms with Crippen molar-refractivity contribution < 1.29 is 9.59 Å². The van der Waals surface area contributed by atoms with Gasteiger partial charge in [-0.25, -0.2) is 0 Å². The van der Waals surface area contributed by atoms with Gasteiger partial charge < -0.3 is 0 Å². The highest BCUT2D eigenvalue weighted by atomic mass is 16.1. The van der Waals surface area contributed by atoms with E-state index in [9.17, 15) is 9.59 Å². The van der Waals surface area contributed by atoms with Crippen molar-refractivity contribution in [3.05, 3.63) is 0 Å². The number of rotatable bonds is 45. The Balaban J connectivity index is 3.64. The molecule has 0 aliphatic heterocycles. The molecule has 0 amide bonds. The number of unbranched alkanes of at least 4 members (excludes halogenated alkanes) is 37. The molecule has 0 unspecified atom stereocenters. The van der Waals surface area contributed by atoms with Crippen molar-refractivity contribution in [2.45, 2.75) is 297 Å². The lowest BCUT2D eigenvalue weighted by Gasteiger charge is -2.14. The molecule has 304 valence electrons. The lowest BCUT2D eigenvalue weighted by Crippen LogP contribution is -2.24. The number of Topliss-reactive ketones (excluding diaryl/α,β-unsaturated/α-hetero) is 2. The first-order chi connectivity index (χ1) is 25.2. The van der Waals surface area contributed by atoms with E-state index in [2.05, 4.69) is 20.8 Å². The molecule has 0 rings (SSSR count). The molecule has 0 aromatic carbocycles. The van der Waals surface area contributed by atoms with Gasteiger partial charge in [0.1, 0.15) is 11.6 Å². The maximum Gasteiger partial charge on any atom is 0.143 e. The van der Waals surface area contributed by atoms with Crippen LogP contribution in [0.5, 0.6) is 0 Å². The van der Waals surface area contributed by atoms with E-state index < -0.39 is 0 Å². The lowest BCUT2D eigenvalue weighted by atomic mass is 9.87. The van der Waals surface area contributed by atoms with E-state index in [4.69, 9.17) is 0 Å². The first kappa shape index (κ1) is 50.3. The van der Waals surface area contributed by atoms with E-state index in [0.29, 0.717) is 12.8 Å². The summed E-state index contributed by atoms with van der Waals surface area (Å²) in [6.07, 6.45) is 56.1. The Labute approximate surface area is 323 Å². The topological polar surface area (TPSA) is 34.1 Å². The standard InChI is InChI=1S/C49H96O2/c1-4-7-10-12-14-16-18-20-22-24-26-28-30-32-34-36-38-40-42-45-48(50)47(44-9-6-3)49(51)46-43-41-39-37-35-33-31-29-27-25-23-21-19-17-15-13-11-8-5-2/h47H,4-46H2,1-3H3. The number of hydrogen-bond donors (Lipinski definition) is 0. The fourth-order valence-corrected chi connectivity index (χ4v) is 8.01. The molecular weight excluding hydrogens is 621 g/mol. The van der Waals surface area contributed by atoms with Crippen LogP contribution in [-0.2, 0) is 9.59 Å². The molecule has 0 aromatic heterocycles. The summed E-state index contributed by atoms with van der Waals surface area (Å²) < 4.78 is 0. The monoisotopic (exact) mass is 717 g/mol. The van der Waals surface area contributed by atoms with Gasteiger partial charge in [-0.1, -0.05) is 265 Å². The van der Waals surface area contributed by atoms with Crippen LogP contribution in [0.4, 0.5) is 0 Å². The summed E-state index contributed by atoms with van der Waals surface area (Å²) in [7, 11) is 0. The lowest BCUT2D eigenvalue weighted by molar-refractivity contribution is -0.133. The summed E-state index contributed by atoms with van der Waals surface area (Å²) in [6.45, 7) is 6.76. The van der Waals surface area contributed by atoms with Gasteiger partial charge >= 0.3 is 0 Å². The first-order valence-corrected chi connectivity index (χ1v) is 24.2. The summed E-state index contributed by atoms with van der Waals surface area (Å²) >= 11 is 0. The zero-order chi connectivity index (χ0) is 37.1. The Kier molecular flexibility index (Phi) is 43.2. The fourth-order valence-electron chi connectivity index (χ4n) is 8.01. The van der Waals surface area contributed by atoms with Crippen molar-refractivity contribution in [1.82, 2.24) is 0 Å². The zero-order valence-corrected chi connectivity index (χ0v) is 35.8. The van der Waals surface area contributed by atoms with E-state index in [1.54, 1.807) is 0 Å². The molecule has 0 aliphatic carbocycles. The predicted octanol–water partition coefficient (Wildman–Crippen LogP) is 17.6. The highest BCUT2D eigenvalue weighted by Gasteiger charge is 2.24. The molecule has 0 N–H and O–H groups in total. The smallest absolute Gasteiger partial charge is 0.143 e. The summed E-state index contributed by atoms with van der Waals surface area (Å²) in [5.74, 6) is 0.188. The molecule has 0 radical (unpaired) electrons. The average molecular weight is 717 g/mol. The van der Waals surface area contributed by atoms with E-state index in [1.807, 2.05) is 0 Å². The Morgan fingerprint density at radius 3 is 0.627 bits per heavy atom. The van der Waals surface area contributed by atoms with Gasteiger partial charge in [-0.05, 0) is 19.3 Å². The number of ketones is 2. The SMILES string of the molecule is CCCCCCCCCCCCCCCCCCCCCC(=O)C(CCCC)C(=O)CCCCCCCCCCCCCCCCCCCCC. The summed E-state index contributed by atoms with van der Waals surface area (Å²) in [5, 5.41) is 0. The minimum Gasteiger partial charge on any atom is -0.299 e. The Bertz CT molecular complexity index is 630. The molecule has 0 aromatic rings. The van der Waals surface area contributed by atoms with Crippen molar-refractivity contribution in [2.24, 2.45) is 5.92 Å². The first-order valence-electron chi connectivity index (χ1n) is 24.2. The Morgan fingerprint density at radius 1 is 0.255 bits per heavy atom. The summed E-state index contributed by atoms with van der Waals surface area (Å²) in [4.78, 5) is 26.1. The average Bonchev–Trinajstić information content (AvgIpc) is 3.13. The van der Waals surface area contributed by atoms with Crippen LogP contribution in [0.25, 0.3) is 0 Å². The summed E-state index contributed by atoms with van der Waals surface area (Å²) in [5.41, 5.74) is 0. The minimum absolute atomic E-state index is 0.248. The highest BCUT2D eigenvalue weighted by molar-refractivity contribution is 6.02. The van der Waals surface area contributed by atoms with Gasteiger partial charge in [0.05, 0.1) is 5.92 Å². The van der Waals surface area contributed by atoms with Crippen molar-refractivity contribution >= 4 is 11.6 Å². The van der Waals surface area contributed by atoms with Crippen molar-refractivity contribution in [3.63, 3.8) is 0 Å². The van der Waals surface area contributed by atoms with Crippen LogP contribution < -0.4 is 0 Å². The van der Waals surface area contributed by atoms with Gasteiger partial charge in [0.15, 0.2) is 0 Å². The largest absolute Gasteiger partial charge is 0.299 e. The molecule has 0 fully saturated rings. The summed E-state index contributed by atoms with van der Waals surface area (Å²) in [6, 6.07) is 0. The molecule has 0 atom stereocenters. The second-order valence-electron chi connectivity index (χ2n) is 16.9. The third kappa shape index (κ3) is 38.9. The zero-order valence-electron chi connectivity index (χ0n) is 35.8. The maximum absolute atomic E-state index is 13.1. The molecule has 0 heterocycles. The molecule has 2 heteroatoms. The van der Waals surface area contributed by atoms with Gasteiger partial charge in [-0.2, -0.15) is 0 Å². The van der Waals surface area contributed by atoms with Crippen LogP contribution in [0.3, 0.4) is 0 Å². The second kappa shape index (κ2) is 43.7. The van der Waals surface area contributed by atoms with Crippen LogP contribution in [0, 0.1) is 5.92 Å². The fraction of sp³-hybridized carbons (Fsp3) is 0.959. The van der Waals surface area contributed by atoms with Gasteiger partial charge in [0.2, 0.25) is 0 Å². The molecule has 0 saturated heterocycles. The van der Waals surface area contributed by atoms with E-state index >= 15 is 0 Å². The molecular formula is C49H96O2. The van der Waals surface area contributed by atoms with E-state index in [1.165, 1.54) is 218 Å².